The number of hydrogen-bond donors (Lipinski definition) is 0. The third-order valence-corrected chi connectivity index (χ3v) is 1.72. The van der Waals surface area contributed by atoms with E-state index >= 15 is 0 Å². The molecule has 74 valence electrons. The molecule has 0 aromatic heterocycles. The van der Waals surface area contributed by atoms with E-state index in [2.05, 4.69) is 0 Å². The van der Waals surface area contributed by atoms with Gasteiger partial charge >= 0.3 is 5.97 Å². The van der Waals surface area contributed by atoms with E-state index in [0.29, 0.717) is 11.6 Å². The minimum absolute atomic E-state index is 0.311. The van der Waals surface area contributed by atoms with Gasteiger partial charge in [0.2, 0.25) is 0 Å². The molecule has 3 heteroatoms. The molecule has 14 heavy (non-hydrogen) atoms. The van der Waals surface area contributed by atoms with E-state index in [0.717, 1.165) is 5.56 Å². The lowest BCUT2D eigenvalue weighted by molar-refractivity contribution is -0.131. The second kappa shape index (κ2) is 5.45. The standard InChI is InChI=1S/C11H11ClO2/c1-9(13)14-11-6-4-10(5-7-11)3-2-8-12/h2-7H,8H2,1H3. The van der Waals surface area contributed by atoms with Crippen LogP contribution in [0.1, 0.15) is 12.5 Å². The summed E-state index contributed by atoms with van der Waals surface area (Å²) in [7, 11) is 0. The molecule has 1 aromatic carbocycles. The Labute approximate surface area is 88.1 Å². The average molecular weight is 211 g/mol. The van der Waals surface area contributed by atoms with Crippen LogP contribution in [0.25, 0.3) is 6.08 Å². The van der Waals surface area contributed by atoms with Crippen molar-refractivity contribution in [2.24, 2.45) is 0 Å². The molecule has 0 unspecified atom stereocenters. The fourth-order valence-corrected chi connectivity index (χ4v) is 1.08. The predicted molar refractivity (Wildman–Crippen MR) is 57.5 cm³/mol. The van der Waals surface area contributed by atoms with Crippen LogP contribution < -0.4 is 4.74 Å². The van der Waals surface area contributed by atoms with Crippen LogP contribution in [-0.4, -0.2) is 11.8 Å². The molecule has 0 saturated carbocycles. The number of carbonyl (C=O) groups excluding carboxylic acids is 1. The summed E-state index contributed by atoms with van der Waals surface area (Å²) >= 11 is 5.50. The molecular weight excluding hydrogens is 200 g/mol. The summed E-state index contributed by atoms with van der Waals surface area (Å²) in [6, 6.07) is 7.22. The second-order valence-corrected chi connectivity index (χ2v) is 3.03. The van der Waals surface area contributed by atoms with Crippen LogP contribution in [0.5, 0.6) is 5.75 Å². The maximum absolute atomic E-state index is 10.6. The smallest absolute Gasteiger partial charge is 0.308 e. The van der Waals surface area contributed by atoms with Gasteiger partial charge in [0.1, 0.15) is 5.75 Å². The Hall–Kier alpha value is -1.28. The molecule has 2 nitrogen and oxygen atoms in total. The average Bonchev–Trinajstić information content (AvgIpc) is 2.16. The van der Waals surface area contributed by atoms with Crippen LogP contribution in [0.4, 0.5) is 0 Å². The van der Waals surface area contributed by atoms with Gasteiger partial charge in [0.05, 0.1) is 0 Å². The van der Waals surface area contributed by atoms with Gasteiger partial charge in [-0.3, -0.25) is 4.79 Å². The van der Waals surface area contributed by atoms with E-state index in [1.165, 1.54) is 6.92 Å². The highest BCUT2D eigenvalue weighted by Gasteiger charge is 1.96. The minimum atomic E-state index is -0.311. The molecule has 0 atom stereocenters. The Morgan fingerprint density at radius 2 is 2.07 bits per heavy atom. The molecule has 0 amide bonds. The molecule has 0 N–H and O–H groups in total. The highest BCUT2D eigenvalue weighted by atomic mass is 35.5. The molecule has 0 saturated heterocycles. The summed E-state index contributed by atoms with van der Waals surface area (Å²) in [4.78, 5) is 10.6. The maximum atomic E-state index is 10.6. The zero-order valence-electron chi connectivity index (χ0n) is 7.87. The molecule has 1 rings (SSSR count). The lowest BCUT2D eigenvalue weighted by atomic mass is 10.2. The molecule has 0 aliphatic heterocycles. The number of rotatable bonds is 3. The monoisotopic (exact) mass is 210 g/mol. The van der Waals surface area contributed by atoms with Crippen molar-refractivity contribution in [1.82, 2.24) is 0 Å². The number of alkyl halides is 1. The van der Waals surface area contributed by atoms with Crippen molar-refractivity contribution >= 4 is 23.6 Å². The van der Waals surface area contributed by atoms with Crippen LogP contribution in [0.3, 0.4) is 0 Å². The van der Waals surface area contributed by atoms with Gasteiger partial charge in [-0.15, -0.1) is 11.6 Å². The Kier molecular flexibility index (Phi) is 4.20. The van der Waals surface area contributed by atoms with Crippen LogP contribution in [-0.2, 0) is 4.79 Å². The largest absolute Gasteiger partial charge is 0.427 e. The topological polar surface area (TPSA) is 26.3 Å². The molecule has 1 aromatic rings. The number of hydrogen-bond acceptors (Lipinski definition) is 2. The number of esters is 1. The zero-order chi connectivity index (χ0) is 10.4. The van der Waals surface area contributed by atoms with Crippen LogP contribution >= 0.6 is 11.6 Å². The van der Waals surface area contributed by atoms with Crippen molar-refractivity contribution in [2.75, 3.05) is 5.88 Å². The fourth-order valence-electron chi connectivity index (χ4n) is 0.994. The summed E-state index contributed by atoms with van der Waals surface area (Å²) in [5.74, 6) is 0.737. The quantitative estimate of drug-likeness (QED) is 0.436. The first-order chi connectivity index (χ1) is 6.72. The van der Waals surface area contributed by atoms with E-state index in [1.54, 1.807) is 12.1 Å². The minimum Gasteiger partial charge on any atom is -0.427 e. The van der Waals surface area contributed by atoms with Crippen molar-refractivity contribution in [3.8, 4) is 5.75 Å². The van der Waals surface area contributed by atoms with Gasteiger partial charge in [-0.2, -0.15) is 0 Å². The van der Waals surface area contributed by atoms with Gasteiger partial charge in [0, 0.05) is 12.8 Å². The van der Waals surface area contributed by atoms with E-state index in [9.17, 15) is 4.79 Å². The Morgan fingerprint density at radius 3 is 2.57 bits per heavy atom. The van der Waals surface area contributed by atoms with Crippen molar-refractivity contribution in [3.63, 3.8) is 0 Å². The molecule has 0 heterocycles. The van der Waals surface area contributed by atoms with Crippen molar-refractivity contribution in [3.05, 3.63) is 35.9 Å². The van der Waals surface area contributed by atoms with Gasteiger partial charge in [-0.1, -0.05) is 24.3 Å². The first kappa shape index (κ1) is 10.8. The molecular formula is C11H11ClO2. The van der Waals surface area contributed by atoms with Gasteiger partial charge in [-0.25, -0.2) is 0 Å². The molecule has 0 aliphatic rings. The van der Waals surface area contributed by atoms with Crippen molar-refractivity contribution in [1.29, 1.82) is 0 Å². The lowest BCUT2D eigenvalue weighted by Gasteiger charge is -2.00. The van der Waals surface area contributed by atoms with E-state index in [-0.39, 0.29) is 5.97 Å². The predicted octanol–water partition coefficient (Wildman–Crippen LogP) is 2.86. The molecule has 0 spiro atoms. The number of ether oxygens (including phenoxy) is 1. The van der Waals surface area contributed by atoms with Gasteiger partial charge in [-0.05, 0) is 17.7 Å². The maximum Gasteiger partial charge on any atom is 0.308 e. The SMILES string of the molecule is CC(=O)Oc1ccc(C=CCCl)cc1. The summed E-state index contributed by atoms with van der Waals surface area (Å²) in [6.07, 6.45) is 3.76. The molecule has 0 radical (unpaired) electrons. The highest BCUT2D eigenvalue weighted by Crippen LogP contribution is 2.13. The fraction of sp³-hybridized carbons (Fsp3) is 0.182. The summed E-state index contributed by atoms with van der Waals surface area (Å²) < 4.78 is 4.88. The summed E-state index contributed by atoms with van der Waals surface area (Å²) in [5.41, 5.74) is 1.03. The molecule has 0 aliphatic carbocycles. The van der Waals surface area contributed by atoms with E-state index < -0.39 is 0 Å². The normalized spacial score (nSPS) is 10.4. The zero-order valence-corrected chi connectivity index (χ0v) is 8.62. The molecule has 0 fully saturated rings. The second-order valence-electron chi connectivity index (χ2n) is 2.72. The third kappa shape index (κ3) is 3.62. The Morgan fingerprint density at radius 1 is 1.43 bits per heavy atom. The highest BCUT2D eigenvalue weighted by molar-refractivity contribution is 6.19. The summed E-state index contributed by atoms with van der Waals surface area (Å²) in [6.45, 7) is 1.38. The summed E-state index contributed by atoms with van der Waals surface area (Å²) in [5, 5.41) is 0. The van der Waals surface area contributed by atoms with Crippen LogP contribution in [0.15, 0.2) is 30.3 Å². The Bertz CT molecular complexity index is 328. The van der Waals surface area contributed by atoms with Gasteiger partial charge in [0.25, 0.3) is 0 Å². The van der Waals surface area contributed by atoms with E-state index in [4.69, 9.17) is 16.3 Å². The number of allylic oxidation sites excluding steroid dienone is 1. The number of carbonyl (C=O) groups is 1. The van der Waals surface area contributed by atoms with E-state index in [1.807, 2.05) is 24.3 Å². The third-order valence-electron chi connectivity index (χ3n) is 1.54. The Balaban J connectivity index is 2.68. The van der Waals surface area contributed by atoms with Gasteiger partial charge in [0.15, 0.2) is 0 Å². The van der Waals surface area contributed by atoms with Crippen LogP contribution in [0, 0.1) is 0 Å². The lowest BCUT2D eigenvalue weighted by Crippen LogP contribution is -2.00. The first-order valence-electron chi connectivity index (χ1n) is 4.23. The number of benzene rings is 1. The van der Waals surface area contributed by atoms with Crippen molar-refractivity contribution < 1.29 is 9.53 Å². The van der Waals surface area contributed by atoms with Crippen LogP contribution in [0.2, 0.25) is 0 Å². The molecule has 0 bridgehead atoms. The van der Waals surface area contributed by atoms with Gasteiger partial charge < -0.3 is 4.74 Å². The number of halogens is 1. The first-order valence-corrected chi connectivity index (χ1v) is 4.77. The van der Waals surface area contributed by atoms with Crippen molar-refractivity contribution in [2.45, 2.75) is 6.92 Å².